The molecule has 35 heavy (non-hydrogen) atoms. The number of benzene rings is 2. The molecule has 0 amide bonds. The van der Waals surface area contributed by atoms with Crippen LogP contribution in [-0.2, 0) is 35.3 Å². The number of allylic oxidation sites excluding steroid dienone is 3. The summed E-state index contributed by atoms with van der Waals surface area (Å²) in [4.78, 5) is 11.0. The number of aliphatic hydroxyl groups is 1. The quantitative estimate of drug-likeness (QED) is 0.217. The maximum absolute atomic E-state index is 12.2. The van der Waals surface area contributed by atoms with E-state index in [-0.39, 0.29) is 18.8 Å². The van der Waals surface area contributed by atoms with E-state index in [9.17, 15) is 14.1 Å². The van der Waals surface area contributed by atoms with Crippen LogP contribution < -0.4 is 24.7 Å². The first-order chi connectivity index (χ1) is 16.9. The van der Waals surface area contributed by atoms with Gasteiger partial charge >= 0.3 is 0 Å². The van der Waals surface area contributed by atoms with Crippen molar-refractivity contribution in [3.63, 3.8) is 0 Å². The Morgan fingerprint density at radius 2 is 1.86 bits per heavy atom. The second kappa shape index (κ2) is 16.3. The number of nitrogens with two attached hydrogens (primary N) is 1. The molecule has 8 nitrogen and oxygen atoms in total. The average molecular weight is 503 g/mol. The van der Waals surface area contributed by atoms with Crippen LogP contribution in [0.1, 0.15) is 16.7 Å². The Bertz CT molecular complexity index is 1050. The lowest BCUT2D eigenvalue weighted by Crippen LogP contribution is -2.10. The number of likely N-dealkylation sites (N-methyl/N-ethyl adjacent to an activating group) is 1. The number of ether oxygens (including phenoxy) is 2. The van der Waals surface area contributed by atoms with Crippen LogP contribution in [0.4, 0.5) is 5.69 Å². The maximum Gasteiger partial charge on any atom is 0.240 e. The zero-order valence-electron chi connectivity index (χ0n) is 20.4. The molecule has 0 aliphatic heterocycles. The van der Waals surface area contributed by atoms with Gasteiger partial charge in [-0.2, -0.15) is 0 Å². The van der Waals surface area contributed by atoms with E-state index >= 15 is 0 Å². The lowest BCUT2D eigenvalue weighted by atomic mass is 10.0. The molecule has 2 rings (SSSR count). The SMILES string of the molecule is C=C/C=C(\C=C)S(=O)Oc1c(OC)ccc(CC=O)c1CO.CNCCc1ccc(OC)c(N)c1. The highest BCUT2D eigenvalue weighted by Crippen LogP contribution is 2.35. The Kier molecular flexibility index (Phi) is 13.8. The summed E-state index contributed by atoms with van der Waals surface area (Å²) >= 11 is -1.85. The Balaban J connectivity index is 0.000000400. The number of anilines is 1. The van der Waals surface area contributed by atoms with Crippen LogP contribution in [0.15, 0.2) is 66.6 Å². The molecule has 0 aliphatic rings. The Hall–Kier alpha value is -3.40. The van der Waals surface area contributed by atoms with Crippen LogP contribution in [0.2, 0.25) is 0 Å². The fourth-order valence-electron chi connectivity index (χ4n) is 2.99. The van der Waals surface area contributed by atoms with Gasteiger partial charge in [0.2, 0.25) is 11.1 Å². The predicted molar refractivity (Wildman–Crippen MR) is 141 cm³/mol. The second-order valence-corrected chi connectivity index (χ2v) is 8.13. The molecule has 1 atom stereocenters. The lowest BCUT2D eigenvalue weighted by molar-refractivity contribution is -0.107. The minimum Gasteiger partial charge on any atom is -0.495 e. The number of nitrogen functional groups attached to an aromatic ring is 1. The van der Waals surface area contributed by atoms with Gasteiger partial charge in [0.05, 0.1) is 31.4 Å². The Morgan fingerprint density at radius 3 is 2.37 bits per heavy atom. The second-order valence-electron chi connectivity index (χ2n) is 7.02. The van der Waals surface area contributed by atoms with E-state index in [0.29, 0.717) is 33.8 Å². The average Bonchev–Trinajstić information content (AvgIpc) is 2.86. The Morgan fingerprint density at radius 1 is 1.17 bits per heavy atom. The van der Waals surface area contributed by atoms with E-state index in [1.807, 2.05) is 25.2 Å². The molecule has 0 bridgehead atoms. The standard InChI is InChI=1S/C16H18O5S.C10H16N2O/c1-4-6-13(5-2)22(19)21-16-14(11-18)12(9-10-17)7-8-15(16)20-3;1-12-6-5-8-3-4-10(13-2)9(11)7-8/h4-8,10,18H,1-2,9,11H2,3H3;3-4,7,12H,5-6,11H2,1-2H3/b13-6+;. The number of rotatable bonds is 13. The van der Waals surface area contributed by atoms with E-state index in [1.54, 1.807) is 19.2 Å². The van der Waals surface area contributed by atoms with E-state index in [0.717, 1.165) is 18.7 Å². The number of carbonyl (C=O) groups is 1. The van der Waals surface area contributed by atoms with E-state index in [4.69, 9.17) is 19.4 Å². The van der Waals surface area contributed by atoms with Crippen molar-refractivity contribution in [2.75, 3.05) is 33.5 Å². The third-order valence-corrected chi connectivity index (χ3v) is 5.80. The molecule has 0 fully saturated rings. The van der Waals surface area contributed by atoms with Gasteiger partial charge in [-0.1, -0.05) is 31.4 Å². The molecule has 0 saturated heterocycles. The highest BCUT2D eigenvalue weighted by atomic mass is 32.2. The third kappa shape index (κ3) is 9.05. The molecule has 0 aliphatic carbocycles. The molecule has 0 aromatic heterocycles. The summed E-state index contributed by atoms with van der Waals surface area (Å²) in [5.74, 6) is 1.20. The van der Waals surface area contributed by atoms with Gasteiger partial charge in [0.15, 0.2) is 11.5 Å². The number of aldehydes is 1. The van der Waals surface area contributed by atoms with Crippen LogP contribution in [0.5, 0.6) is 17.2 Å². The number of nitrogens with one attached hydrogen (secondary N) is 1. The molecule has 1 unspecified atom stereocenters. The topological polar surface area (TPSA) is 120 Å². The van der Waals surface area contributed by atoms with Crippen LogP contribution in [0.25, 0.3) is 0 Å². The number of carbonyl (C=O) groups excluding carboxylic acids is 1. The molecule has 0 radical (unpaired) electrons. The van der Waals surface area contributed by atoms with Gasteiger partial charge in [0.1, 0.15) is 12.0 Å². The van der Waals surface area contributed by atoms with Crippen LogP contribution in [-0.4, -0.2) is 43.4 Å². The first kappa shape index (κ1) is 29.6. The maximum atomic E-state index is 12.2. The number of hydrogen-bond donors (Lipinski definition) is 3. The van der Waals surface area contributed by atoms with Crippen LogP contribution >= 0.6 is 0 Å². The molecule has 0 heterocycles. The van der Waals surface area contributed by atoms with Gasteiger partial charge in [-0.05, 0) is 61.5 Å². The minimum absolute atomic E-state index is 0.111. The summed E-state index contributed by atoms with van der Waals surface area (Å²) in [6, 6.07) is 9.14. The monoisotopic (exact) mass is 502 g/mol. The number of aliphatic hydroxyl groups excluding tert-OH is 1. The predicted octanol–water partition coefficient (Wildman–Crippen LogP) is 3.27. The van der Waals surface area contributed by atoms with Gasteiger partial charge in [0.25, 0.3) is 0 Å². The van der Waals surface area contributed by atoms with Crippen molar-refractivity contribution in [2.24, 2.45) is 0 Å². The molecule has 0 spiro atoms. The molecule has 4 N–H and O–H groups in total. The summed E-state index contributed by atoms with van der Waals surface area (Å²) in [5, 5.41) is 12.6. The minimum atomic E-state index is -1.85. The smallest absolute Gasteiger partial charge is 0.240 e. The lowest BCUT2D eigenvalue weighted by Gasteiger charge is -2.15. The molecule has 0 saturated carbocycles. The summed E-state index contributed by atoms with van der Waals surface area (Å²) in [5.41, 5.74) is 8.64. The fourth-order valence-corrected chi connectivity index (χ4v) is 3.77. The fraction of sp³-hybridized carbons (Fsp3) is 0.269. The first-order valence-electron chi connectivity index (χ1n) is 10.8. The van der Waals surface area contributed by atoms with Crippen molar-refractivity contribution >= 4 is 23.1 Å². The van der Waals surface area contributed by atoms with Crippen molar-refractivity contribution in [1.29, 1.82) is 0 Å². The van der Waals surface area contributed by atoms with Gasteiger partial charge < -0.3 is 34.6 Å². The van der Waals surface area contributed by atoms with E-state index in [1.165, 1.54) is 30.9 Å². The largest absolute Gasteiger partial charge is 0.495 e. The number of hydrogen-bond acceptors (Lipinski definition) is 8. The van der Waals surface area contributed by atoms with Gasteiger partial charge in [-0.15, -0.1) is 0 Å². The van der Waals surface area contributed by atoms with Crippen molar-refractivity contribution in [3.05, 3.63) is 83.3 Å². The summed E-state index contributed by atoms with van der Waals surface area (Å²) in [7, 11) is 4.99. The molecular formula is C26H34N2O6S. The normalized spacial score (nSPS) is 11.5. The number of methoxy groups -OCH3 is 2. The highest BCUT2D eigenvalue weighted by molar-refractivity contribution is 7.84. The molecular weight excluding hydrogens is 468 g/mol. The molecule has 190 valence electrons. The first-order valence-corrected chi connectivity index (χ1v) is 11.8. The van der Waals surface area contributed by atoms with Gasteiger partial charge in [0, 0.05) is 12.0 Å². The molecule has 2 aromatic rings. The molecule has 9 heteroatoms. The van der Waals surface area contributed by atoms with Crippen LogP contribution in [0.3, 0.4) is 0 Å². The summed E-state index contributed by atoms with van der Waals surface area (Å²) in [6.45, 7) is 7.68. The van der Waals surface area contributed by atoms with Gasteiger partial charge in [-0.25, -0.2) is 4.21 Å². The highest BCUT2D eigenvalue weighted by Gasteiger charge is 2.18. The third-order valence-electron chi connectivity index (χ3n) is 4.80. The van der Waals surface area contributed by atoms with Gasteiger partial charge in [-0.3, -0.25) is 0 Å². The van der Waals surface area contributed by atoms with Crippen molar-refractivity contribution < 1.29 is 27.8 Å². The van der Waals surface area contributed by atoms with E-state index in [2.05, 4.69) is 18.5 Å². The zero-order valence-corrected chi connectivity index (χ0v) is 21.2. The Labute approximate surface area is 209 Å². The van der Waals surface area contributed by atoms with Crippen molar-refractivity contribution in [2.45, 2.75) is 19.4 Å². The summed E-state index contributed by atoms with van der Waals surface area (Å²) in [6.07, 6.45) is 6.17. The zero-order chi connectivity index (χ0) is 26.2. The molecule has 2 aromatic carbocycles. The van der Waals surface area contributed by atoms with E-state index < -0.39 is 11.1 Å². The summed E-state index contributed by atoms with van der Waals surface area (Å²) < 4.78 is 27.9. The van der Waals surface area contributed by atoms with Crippen molar-refractivity contribution in [1.82, 2.24) is 5.32 Å². The van der Waals surface area contributed by atoms with Crippen molar-refractivity contribution in [3.8, 4) is 17.2 Å². The van der Waals surface area contributed by atoms with Crippen LogP contribution in [0, 0.1) is 0 Å².